The second kappa shape index (κ2) is 8.92. The summed E-state index contributed by atoms with van der Waals surface area (Å²) in [6.45, 7) is 5.65. The first kappa shape index (κ1) is 22.5. The highest BCUT2D eigenvalue weighted by Crippen LogP contribution is 2.33. The summed E-state index contributed by atoms with van der Waals surface area (Å²) in [5.74, 6) is -0.481. The highest BCUT2D eigenvalue weighted by atomic mass is 16.5. The third-order valence-corrected chi connectivity index (χ3v) is 7.19. The number of hydrogen-bond acceptors (Lipinski definition) is 6. The van der Waals surface area contributed by atoms with E-state index < -0.39 is 5.91 Å². The molecule has 184 valence electrons. The van der Waals surface area contributed by atoms with E-state index in [4.69, 9.17) is 15.5 Å². The van der Waals surface area contributed by atoms with Gasteiger partial charge in [-0.15, -0.1) is 0 Å². The smallest absolute Gasteiger partial charge is 0.250 e. The molecular formula is C27H29N7O2. The van der Waals surface area contributed by atoms with Crippen molar-refractivity contribution in [2.24, 2.45) is 12.8 Å². The van der Waals surface area contributed by atoms with Crippen molar-refractivity contribution in [2.45, 2.75) is 0 Å². The summed E-state index contributed by atoms with van der Waals surface area (Å²) >= 11 is 0. The van der Waals surface area contributed by atoms with E-state index >= 15 is 0 Å². The number of aromatic nitrogens is 4. The van der Waals surface area contributed by atoms with Crippen LogP contribution in [0.5, 0.6) is 0 Å². The summed E-state index contributed by atoms with van der Waals surface area (Å²) in [4.78, 5) is 25.7. The molecule has 0 spiro atoms. The largest absolute Gasteiger partial charge is 0.383 e. The molecule has 0 radical (unpaired) electrons. The number of aromatic amines is 1. The zero-order chi connectivity index (χ0) is 24.8. The van der Waals surface area contributed by atoms with E-state index in [1.807, 2.05) is 36.1 Å². The van der Waals surface area contributed by atoms with E-state index in [-0.39, 0.29) is 0 Å². The van der Waals surface area contributed by atoms with Gasteiger partial charge < -0.3 is 20.4 Å². The number of primary amides is 1. The standard InChI is InChI=1S/C27H29N7O2/c1-32-24-6-3-17(13-18(24)16-29-32)22-15-21(27(28)35)26-25(30-22)20-5-4-19(14-23(20)31-26)34-9-7-33(8-10-34)11-12-36-2/h3-6,13-16,31H,7-12H2,1-2H3,(H2,28,35). The number of aryl methyl sites for hydroxylation is 1. The van der Waals surface area contributed by atoms with Crippen molar-refractivity contribution in [1.82, 2.24) is 24.6 Å². The first-order chi connectivity index (χ1) is 17.5. The number of carbonyl (C=O) groups is 1. The summed E-state index contributed by atoms with van der Waals surface area (Å²) in [7, 11) is 3.66. The highest BCUT2D eigenvalue weighted by molar-refractivity contribution is 6.14. The third-order valence-electron chi connectivity index (χ3n) is 7.19. The number of nitrogens with two attached hydrogens (primary N) is 1. The Labute approximate surface area is 208 Å². The molecule has 0 aliphatic carbocycles. The number of piperazine rings is 1. The zero-order valence-corrected chi connectivity index (χ0v) is 20.5. The summed E-state index contributed by atoms with van der Waals surface area (Å²) in [5.41, 5.74) is 12.4. The molecule has 0 atom stereocenters. The van der Waals surface area contributed by atoms with Crippen LogP contribution in [0.15, 0.2) is 48.7 Å². The Balaban J connectivity index is 1.39. The number of methoxy groups -OCH3 is 1. The van der Waals surface area contributed by atoms with Gasteiger partial charge in [-0.25, -0.2) is 4.98 Å². The number of H-pyrrole nitrogens is 1. The van der Waals surface area contributed by atoms with Crippen LogP contribution >= 0.6 is 0 Å². The van der Waals surface area contributed by atoms with E-state index in [0.29, 0.717) is 16.8 Å². The Morgan fingerprint density at radius 2 is 1.94 bits per heavy atom. The SMILES string of the molecule is COCCN1CCN(c2ccc3c(c2)[nH]c2c(C(N)=O)cc(-c4ccc5c(cnn5C)c4)nc23)CC1. The molecule has 3 N–H and O–H groups in total. The maximum atomic E-state index is 12.5. The van der Waals surface area contributed by atoms with Gasteiger partial charge in [0.25, 0.3) is 5.91 Å². The Kier molecular flexibility index (Phi) is 5.58. The van der Waals surface area contributed by atoms with Crippen LogP contribution in [-0.4, -0.2) is 77.0 Å². The summed E-state index contributed by atoms with van der Waals surface area (Å²) in [5, 5.41) is 6.32. The van der Waals surface area contributed by atoms with Crippen LogP contribution in [0.2, 0.25) is 0 Å². The van der Waals surface area contributed by atoms with Crippen molar-refractivity contribution in [3.05, 3.63) is 54.2 Å². The number of ether oxygens (including phenoxy) is 1. The van der Waals surface area contributed by atoms with Gasteiger partial charge in [0.05, 0.1) is 46.1 Å². The topological polar surface area (TPSA) is 105 Å². The molecule has 1 aliphatic heterocycles. The monoisotopic (exact) mass is 483 g/mol. The van der Waals surface area contributed by atoms with Crippen LogP contribution in [0.4, 0.5) is 5.69 Å². The normalized spacial score (nSPS) is 14.9. The molecule has 1 fully saturated rings. The molecule has 0 bridgehead atoms. The maximum Gasteiger partial charge on any atom is 0.250 e. The molecule has 3 aromatic heterocycles. The molecule has 0 saturated carbocycles. The summed E-state index contributed by atoms with van der Waals surface area (Å²) in [6, 6.07) is 14.2. The van der Waals surface area contributed by atoms with Crippen LogP contribution in [0.3, 0.4) is 0 Å². The van der Waals surface area contributed by atoms with Gasteiger partial charge in [0.1, 0.15) is 0 Å². The van der Waals surface area contributed by atoms with Gasteiger partial charge in [0.15, 0.2) is 0 Å². The van der Waals surface area contributed by atoms with Crippen LogP contribution in [0, 0.1) is 0 Å². The maximum absolute atomic E-state index is 12.5. The van der Waals surface area contributed by atoms with Gasteiger partial charge in [-0.1, -0.05) is 6.07 Å². The lowest BCUT2D eigenvalue weighted by atomic mass is 10.1. The first-order valence-electron chi connectivity index (χ1n) is 12.2. The van der Waals surface area contributed by atoms with Gasteiger partial charge in [-0.3, -0.25) is 14.4 Å². The quantitative estimate of drug-likeness (QED) is 0.384. The Morgan fingerprint density at radius 1 is 1.11 bits per heavy atom. The van der Waals surface area contributed by atoms with E-state index in [2.05, 4.69) is 38.1 Å². The molecular weight excluding hydrogens is 454 g/mol. The predicted octanol–water partition coefficient (Wildman–Crippen LogP) is 3.14. The number of carbonyl (C=O) groups excluding carboxylic acids is 1. The minimum absolute atomic E-state index is 0.436. The predicted molar refractivity (Wildman–Crippen MR) is 142 cm³/mol. The molecule has 6 rings (SSSR count). The van der Waals surface area contributed by atoms with Gasteiger partial charge in [0, 0.05) is 68.9 Å². The minimum Gasteiger partial charge on any atom is -0.383 e. The minimum atomic E-state index is -0.481. The fourth-order valence-corrected chi connectivity index (χ4v) is 5.16. The Morgan fingerprint density at radius 3 is 2.72 bits per heavy atom. The van der Waals surface area contributed by atoms with Gasteiger partial charge in [-0.05, 0) is 36.4 Å². The number of amides is 1. The van der Waals surface area contributed by atoms with Crippen LogP contribution in [0.1, 0.15) is 10.4 Å². The number of nitrogens with zero attached hydrogens (tertiary/aromatic N) is 5. The molecule has 9 nitrogen and oxygen atoms in total. The van der Waals surface area contributed by atoms with Gasteiger partial charge >= 0.3 is 0 Å². The number of anilines is 1. The third kappa shape index (κ3) is 3.86. The molecule has 2 aromatic carbocycles. The van der Waals surface area contributed by atoms with Crippen molar-refractivity contribution >= 4 is 44.4 Å². The number of fused-ring (bicyclic) bond motifs is 4. The number of benzene rings is 2. The van der Waals surface area contributed by atoms with E-state index in [0.717, 1.165) is 77.9 Å². The van der Waals surface area contributed by atoms with Crippen molar-refractivity contribution in [1.29, 1.82) is 0 Å². The molecule has 4 heterocycles. The van der Waals surface area contributed by atoms with Crippen molar-refractivity contribution in [2.75, 3.05) is 51.3 Å². The van der Waals surface area contributed by atoms with Crippen LogP contribution in [-0.2, 0) is 11.8 Å². The first-order valence-corrected chi connectivity index (χ1v) is 12.2. The number of rotatable bonds is 6. The zero-order valence-electron chi connectivity index (χ0n) is 20.5. The van der Waals surface area contributed by atoms with Gasteiger partial charge in [-0.2, -0.15) is 5.10 Å². The second-order valence-electron chi connectivity index (χ2n) is 9.36. The molecule has 5 aromatic rings. The summed E-state index contributed by atoms with van der Waals surface area (Å²) in [6.07, 6.45) is 1.83. The molecule has 0 unspecified atom stereocenters. The number of hydrogen-bond donors (Lipinski definition) is 2. The Bertz CT molecular complexity index is 1590. The van der Waals surface area contributed by atoms with E-state index in [1.165, 1.54) is 0 Å². The average molecular weight is 484 g/mol. The van der Waals surface area contributed by atoms with E-state index in [9.17, 15) is 4.79 Å². The van der Waals surface area contributed by atoms with Crippen LogP contribution < -0.4 is 10.6 Å². The van der Waals surface area contributed by atoms with Crippen molar-refractivity contribution in [3.63, 3.8) is 0 Å². The lowest BCUT2D eigenvalue weighted by molar-refractivity contribution is 0.100. The number of nitrogens with one attached hydrogen (secondary N) is 1. The molecule has 36 heavy (non-hydrogen) atoms. The molecule has 1 aliphatic rings. The van der Waals surface area contributed by atoms with E-state index in [1.54, 1.807) is 13.2 Å². The van der Waals surface area contributed by atoms with Crippen LogP contribution in [0.25, 0.3) is 44.1 Å². The van der Waals surface area contributed by atoms with Crippen molar-refractivity contribution < 1.29 is 9.53 Å². The Hall–Kier alpha value is -3.95. The lowest BCUT2D eigenvalue weighted by Gasteiger charge is -2.36. The van der Waals surface area contributed by atoms with Gasteiger partial charge in [0.2, 0.25) is 0 Å². The fraction of sp³-hybridized carbons (Fsp3) is 0.296. The second-order valence-corrected chi connectivity index (χ2v) is 9.36. The fourth-order valence-electron chi connectivity index (χ4n) is 5.16. The molecule has 1 saturated heterocycles. The molecule has 9 heteroatoms. The lowest BCUT2D eigenvalue weighted by Crippen LogP contribution is -2.47. The van der Waals surface area contributed by atoms with Crippen molar-refractivity contribution in [3.8, 4) is 11.3 Å². The summed E-state index contributed by atoms with van der Waals surface area (Å²) < 4.78 is 7.05. The average Bonchev–Trinajstić information content (AvgIpc) is 3.46. The molecule has 1 amide bonds. The number of pyridine rings is 1. The highest BCUT2D eigenvalue weighted by Gasteiger charge is 2.20.